The van der Waals surface area contributed by atoms with E-state index in [1.165, 1.54) is 6.07 Å². The molecule has 7 nitrogen and oxygen atoms in total. The van der Waals surface area contributed by atoms with E-state index in [2.05, 4.69) is 4.98 Å². The molecular weight excluding hydrogens is 350 g/mol. The molecule has 1 N–H and O–H groups in total. The average Bonchev–Trinajstić information content (AvgIpc) is 2.66. The van der Waals surface area contributed by atoms with Crippen molar-refractivity contribution in [2.45, 2.75) is 25.7 Å². The SMILES string of the molecule is CCOC(=O)c1cc2c([nH]c1=O)CC(c1ccc(OC)cc1OC)CC2=O. The van der Waals surface area contributed by atoms with Crippen LogP contribution < -0.4 is 15.0 Å². The molecule has 1 atom stereocenters. The Morgan fingerprint density at radius 1 is 1.15 bits per heavy atom. The minimum Gasteiger partial charge on any atom is -0.497 e. The number of hydrogen-bond donors (Lipinski definition) is 1. The zero-order valence-electron chi connectivity index (χ0n) is 15.5. The maximum Gasteiger partial charge on any atom is 0.343 e. The molecule has 1 aliphatic carbocycles. The van der Waals surface area contributed by atoms with Crippen LogP contribution in [-0.2, 0) is 11.2 Å². The molecule has 0 saturated heterocycles. The van der Waals surface area contributed by atoms with Crippen LogP contribution in [0.2, 0.25) is 0 Å². The molecule has 2 aromatic rings. The number of ketones is 1. The van der Waals surface area contributed by atoms with Crippen LogP contribution >= 0.6 is 0 Å². The van der Waals surface area contributed by atoms with E-state index in [9.17, 15) is 14.4 Å². The third-order valence-corrected chi connectivity index (χ3v) is 4.68. The summed E-state index contributed by atoms with van der Waals surface area (Å²) in [6.07, 6.45) is 0.714. The summed E-state index contributed by atoms with van der Waals surface area (Å²) in [7, 11) is 3.13. The Hall–Kier alpha value is -3.09. The third kappa shape index (κ3) is 3.58. The second-order valence-electron chi connectivity index (χ2n) is 6.26. The molecule has 1 aromatic heterocycles. The zero-order chi connectivity index (χ0) is 19.6. The average molecular weight is 371 g/mol. The molecule has 0 spiro atoms. The van der Waals surface area contributed by atoms with Gasteiger partial charge in [-0.05, 0) is 31.0 Å². The van der Waals surface area contributed by atoms with Crippen molar-refractivity contribution >= 4 is 11.8 Å². The number of benzene rings is 1. The Balaban J connectivity index is 1.98. The van der Waals surface area contributed by atoms with Crippen LogP contribution in [0.15, 0.2) is 29.1 Å². The Morgan fingerprint density at radius 2 is 1.93 bits per heavy atom. The van der Waals surface area contributed by atoms with Gasteiger partial charge in [0.05, 0.1) is 20.8 Å². The summed E-state index contributed by atoms with van der Waals surface area (Å²) in [4.78, 5) is 39.5. The van der Waals surface area contributed by atoms with Crippen LogP contribution in [0.4, 0.5) is 0 Å². The van der Waals surface area contributed by atoms with Crippen molar-refractivity contribution in [1.82, 2.24) is 4.98 Å². The minimum atomic E-state index is -0.728. The van der Waals surface area contributed by atoms with Gasteiger partial charge in [0.1, 0.15) is 17.1 Å². The van der Waals surface area contributed by atoms with Crippen LogP contribution in [-0.4, -0.2) is 37.6 Å². The monoisotopic (exact) mass is 371 g/mol. The van der Waals surface area contributed by atoms with Gasteiger partial charge in [-0.2, -0.15) is 0 Å². The topological polar surface area (TPSA) is 94.7 Å². The van der Waals surface area contributed by atoms with Gasteiger partial charge in [-0.3, -0.25) is 9.59 Å². The second kappa shape index (κ2) is 7.65. The fourth-order valence-electron chi connectivity index (χ4n) is 3.37. The summed E-state index contributed by atoms with van der Waals surface area (Å²) in [6.45, 7) is 1.81. The van der Waals surface area contributed by atoms with Crippen LogP contribution in [0.1, 0.15) is 51.2 Å². The first-order valence-corrected chi connectivity index (χ1v) is 8.66. The quantitative estimate of drug-likeness (QED) is 0.812. The summed E-state index contributed by atoms with van der Waals surface area (Å²) in [5.41, 5.74) is 1.05. The molecule has 142 valence electrons. The number of Topliss-reactive ketones (excluding diaryl/α,β-unsaturated/α-hetero) is 1. The number of methoxy groups -OCH3 is 2. The van der Waals surface area contributed by atoms with Crippen molar-refractivity contribution in [3.63, 3.8) is 0 Å². The molecule has 0 saturated carbocycles. The normalized spacial score (nSPS) is 15.8. The van der Waals surface area contributed by atoms with Gasteiger partial charge in [0.25, 0.3) is 5.56 Å². The van der Waals surface area contributed by atoms with Crippen LogP contribution in [0.3, 0.4) is 0 Å². The van der Waals surface area contributed by atoms with Gasteiger partial charge in [0, 0.05) is 29.7 Å². The maximum absolute atomic E-state index is 12.7. The van der Waals surface area contributed by atoms with Gasteiger partial charge >= 0.3 is 5.97 Å². The van der Waals surface area contributed by atoms with Crippen molar-refractivity contribution in [1.29, 1.82) is 0 Å². The predicted octanol–water partition coefficient (Wildman–Crippen LogP) is 2.48. The fourth-order valence-corrected chi connectivity index (χ4v) is 3.37. The highest BCUT2D eigenvalue weighted by molar-refractivity contribution is 6.01. The molecule has 0 fully saturated rings. The number of rotatable bonds is 5. The van der Waals surface area contributed by atoms with E-state index >= 15 is 0 Å². The number of aromatic nitrogens is 1. The number of H-pyrrole nitrogens is 1. The lowest BCUT2D eigenvalue weighted by Gasteiger charge is -2.25. The van der Waals surface area contributed by atoms with Crippen LogP contribution in [0, 0.1) is 0 Å². The molecule has 0 radical (unpaired) electrons. The molecule has 27 heavy (non-hydrogen) atoms. The molecule has 7 heteroatoms. The summed E-state index contributed by atoms with van der Waals surface area (Å²) in [5, 5.41) is 0. The number of fused-ring (bicyclic) bond motifs is 1. The van der Waals surface area contributed by atoms with E-state index in [0.29, 0.717) is 29.2 Å². The molecule has 1 aromatic carbocycles. The summed E-state index contributed by atoms with van der Waals surface area (Å²) in [6, 6.07) is 6.79. The Labute approximate surface area is 156 Å². The number of hydrogen-bond acceptors (Lipinski definition) is 6. The Kier molecular flexibility index (Phi) is 5.30. The molecule has 1 unspecified atom stereocenters. The van der Waals surface area contributed by atoms with Crippen molar-refractivity contribution < 1.29 is 23.8 Å². The highest BCUT2D eigenvalue weighted by atomic mass is 16.5. The van der Waals surface area contributed by atoms with Crippen molar-refractivity contribution in [2.24, 2.45) is 0 Å². The van der Waals surface area contributed by atoms with Crippen LogP contribution in [0.5, 0.6) is 11.5 Å². The van der Waals surface area contributed by atoms with E-state index < -0.39 is 11.5 Å². The predicted molar refractivity (Wildman–Crippen MR) is 98.0 cm³/mol. The zero-order valence-corrected chi connectivity index (χ0v) is 15.5. The molecule has 0 aliphatic heterocycles. The van der Waals surface area contributed by atoms with Gasteiger partial charge in [0.2, 0.25) is 0 Å². The molecule has 1 aliphatic rings. The lowest BCUT2D eigenvalue weighted by atomic mass is 9.81. The van der Waals surface area contributed by atoms with Crippen molar-refractivity contribution in [3.8, 4) is 11.5 Å². The van der Waals surface area contributed by atoms with E-state index in [1.54, 1.807) is 27.2 Å². The van der Waals surface area contributed by atoms with E-state index in [1.807, 2.05) is 12.1 Å². The van der Waals surface area contributed by atoms with E-state index in [-0.39, 0.29) is 30.3 Å². The van der Waals surface area contributed by atoms with Gasteiger partial charge < -0.3 is 19.2 Å². The summed E-state index contributed by atoms with van der Waals surface area (Å²) in [5.74, 6) is 0.274. The first-order valence-electron chi connectivity index (χ1n) is 8.66. The first kappa shape index (κ1) is 18.7. The molecule has 1 heterocycles. The molecule has 0 bridgehead atoms. The number of carbonyl (C=O) groups is 2. The number of esters is 1. The van der Waals surface area contributed by atoms with Gasteiger partial charge in [-0.25, -0.2) is 4.79 Å². The molecular formula is C20H21NO6. The lowest BCUT2D eigenvalue weighted by Crippen LogP contribution is -2.28. The van der Waals surface area contributed by atoms with Gasteiger partial charge in [-0.1, -0.05) is 6.07 Å². The largest absolute Gasteiger partial charge is 0.497 e. The van der Waals surface area contributed by atoms with Crippen LogP contribution in [0.25, 0.3) is 0 Å². The van der Waals surface area contributed by atoms with Gasteiger partial charge in [-0.15, -0.1) is 0 Å². The maximum atomic E-state index is 12.7. The second-order valence-corrected chi connectivity index (χ2v) is 6.26. The van der Waals surface area contributed by atoms with E-state index in [0.717, 1.165) is 5.56 Å². The smallest absolute Gasteiger partial charge is 0.343 e. The number of aromatic amines is 1. The van der Waals surface area contributed by atoms with Crippen molar-refractivity contribution in [3.05, 3.63) is 57.0 Å². The standard InChI is InChI=1S/C20H21NO6/c1-4-27-20(24)15-10-14-16(21-19(15)23)7-11(8-17(14)22)13-6-5-12(25-2)9-18(13)26-3/h5-6,9-11H,4,7-8H2,1-3H3,(H,21,23). The first-order chi connectivity index (χ1) is 13.0. The lowest BCUT2D eigenvalue weighted by molar-refractivity contribution is 0.0524. The highest BCUT2D eigenvalue weighted by Gasteiger charge is 2.30. The minimum absolute atomic E-state index is 0.138. The molecule has 0 amide bonds. The summed E-state index contributed by atoms with van der Waals surface area (Å²) < 4.78 is 15.5. The number of pyridine rings is 1. The number of carbonyl (C=O) groups excluding carboxylic acids is 2. The summed E-state index contributed by atoms with van der Waals surface area (Å²) >= 11 is 0. The Morgan fingerprint density at radius 3 is 2.59 bits per heavy atom. The Bertz CT molecular complexity index is 946. The molecule has 3 rings (SSSR count). The van der Waals surface area contributed by atoms with Crippen molar-refractivity contribution in [2.75, 3.05) is 20.8 Å². The van der Waals surface area contributed by atoms with E-state index in [4.69, 9.17) is 14.2 Å². The third-order valence-electron chi connectivity index (χ3n) is 4.68. The fraction of sp³-hybridized carbons (Fsp3) is 0.350. The number of nitrogens with one attached hydrogen (secondary N) is 1. The van der Waals surface area contributed by atoms with Gasteiger partial charge in [0.15, 0.2) is 5.78 Å². The number of ether oxygens (including phenoxy) is 3. The highest BCUT2D eigenvalue weighted by Crippen LogP contribution is 2.37.